The van der Waals surface area contributed by atoms with Crippen molar-refractivity contribution < 1.29 is 9.90 Å². The highest BCUT2D eigenvalue weighted by molar-refractivity contribution is 5.93. The first-order valence-electron chi connectivity index (χ1n) is 6.23. The van der Waals surface area contributed by atoms with E-state index in [1.54, 1.807) is 24.1 Å². The van der Waals surface area contributed by atoms with Gasteiger partial charge in [0.05, 0.1) is 5.60 Å². The Bertz CT molecular complexity index is 446. The van der Waals surface area contributed by atoms with Crippen LogP contribution in [0.15, 0.2) is 18.3 Å². The van der Waals surface area contributed by atoms with Crippen LogP contribution >= 0.6 is 0 Å². The minimum absolute atomic E-state index is 0.118. The molecule has 1 unspecified atom stereocenters. The third kappa shape index (κ3) is 2.79. The van der Waals surface area contributed by atoms with Crippen molar-refractivity contribution in [2.75, 3.05) is 25.0 Å². The van der Waals surface area contributed by atoms with E-state index >= 15 is 0 Å². The molecule has 1 aliphatic heterocycles. The maximum absolute atomic E-state index is 12.2. The Morgan fingerprint density at radius 3 is 3.06 bits per heavy atom. The van der Waals surface area contributed by atoms with Crippen LogP contribution in [-0.4, -0.2) is 46.1 Å². The summed E-state index contributed by atoms with van der Waals surface area (Å²) in [7, 11) is 0. The molecule has 1 amide bonds. The second kappa shape index (κ2) is 4.94. The van der Waals surface area contributed by atoms with Crippen molar-refractivity contribution in [2.45, 2.75) is 25.9 Å². The molecule has 2 heterocycles. The topological polar surface area (TPSA) is 65.5 Å². The van der Waals surface area contributed by atoms with Crippen molar-refractivity contribution in [3.8, 4) is 0 Å². The highest BCUT2D eigenvalue weighted by atomic mass is 16.3. The fourth-order valence-electron chi connectivity index (χ4n) is 2.14. The SMILES string of the molecule is CCNc1ccnc(C(=O)N2CCC(C)(O)C2)c1. The number of aromatic nitrogens is 1. The van der Waals surface area contributed by atoms with E-state index in [0.717, 1.165) is 12.2 Å². The van der Waals surface area contributed by atoms with Gasteiger partial charge in [-0.2, -0.15) is 0 Å². The minimum atomic E-state index is -0.769. The van der Waals surface area contributed by atoms with E-state index in [1.165, 1.54) is 0 Å². The van der Waals surface area contributed by atoms with Crippen LogP contribution in [0.4, 0.5) is 5.69 Å². The normalized spacial score (nSPS) is 23.2. The van der Waals surface area contributed by atoms with Gasteiger partial charge in [0.15, 0.2) is 0 Å². The Labute approximate surface area is 107 Å². The van der Waals surface area contributed by atoms with Crippen molar-refractivity contribution in [2.24, 2.45) is 0 Å². The molecule has 1 saturated heterocycles. The number of nitrogens with one attached hydrogen (secondary N) is 1. The van der Waals surface area contributed by atoms with Crippen molar-refractivity contribution in [1.29, 1.82) is 0 Å². The monoisotopic (exact) mass is 249 g/mol. The zero-order chi connectivity index (χ0) is 13.2. The molecular weight excluding hydrogens is 230 g/mol. The Balaban J connectivity index is 2.12. The summed E-state index contributed by atoms with van der Waals surface area (Å²) in [6.07, 6.45) is 2.24. The van der Waals surface area contributed by atoms with Gasteiger partial charge in [-0.1, -0.05) is 0 Å². The number of likely N-dealkylation sites (tertiary alicyclic amines) is 1. The molecule has 2 N–H and O–H groups in total. The molecule has 2 rings (SSSR count). The summed E-state index contributed by atoms with van der Waals surface area (Å²) in [5.41, 5.74) is 0.544. The number of carbonyl (C=O) groups excluding carboxylic acids is 1. The van der Waals surface area contributed by atoms with E-state index in [9.17, 15) is 9.90 Å². The zero-order valence-corrected chi connectivity index (χ0v) is 10.8. The predicted molar refractivity (Wildman–Crippen MR) is 69.5 cm³/mol. The lowest BCUT2D eigenvalue weighted by Gasteiger charge is -2.18. The van der Waals surface area contributed by atoms with Crippen molar-refractivity contribution in [3.63, 3.8) is 0 Å². The van der Waals surface area contributed by atoms with Crippen LogP contribution in [0.3, 0.4) is 0 Å². The molecule has 1 aliphatic rings. The smallest absolute Gasteiger partial charge is 0.272 e. The molecule has 0 aliphatic carbocycles. The van der Waals surface area contributed by atoms with Crippen molar-refractivity contribution in [1.82, 2.24) is 9.88 Å². The summed E-state index contributed by atoms with van der Waals surface area (Å²) >= 11 is 0. The summed E-state index contributed by atoms with van der Waals surface area (Å²) in [5.74, 6) is -0.118. The highest BCUT2D eigenvalue weighted by Gasteiger charge is 2.34. The minimum Gasteiger partial charge on any atom is -0.388 e. The second-order valence-corrected chi connectivity index (χ2v) is 4.93. The number of pyridine rings is 1. The number of nitrogens with zero attached hydrogens (tertiary/aromatic N) is 2. The lowest BCUT2D eigenvalue weighted by molar-refractivity contribution is 0.0569. The summed E-state index contributed by atoms with van der Waals surface area (Å²) in [4.78, 5) is 18.0. The van der Waals surface area contributed by atoms with Gasteiger partial charge in [0.25, 0.3) is 5.91 Å². The molecule has 5 heteroatoms. The highest BCUT2D eigenvalue weighted by Crippen LogP contribution is 2.22. The second-order valence-electron chi connectivity index (χ2n) is 4.93. The number of amides is 1. The number of aliphatic hydroxyl groups is 1. The maximum atomic E-state index is 12.2. The van der Waals surface area contributed by atoms with Gasteiger partial charge in [0, 0.05) is 31.5 Å². The molecule has 1 aromatic heterocycles. The van der Waals surface area contributed by atoms with E-state index in [-0.39, 0.29) is 5.91 Å². The van der Waals surface area contributed by atoms with Crippen LogP contribution in [0.2, 0.25) is 0 Å². The Morgan fingerprint density at radius 2 is 2.44 bits per heavy atom. The fourth-order valence-corrected chi connectivity index (χ4v) is 2.14. The number of hydrogen-bond donors (Lipinski definition) is 2. The molecule has 18 heavy (non-hydrogen) atoms. The first kappa shape index (κ1) is 12.8. The van der Waals surface area contributed by atoms with Gasteiger partial charge >= 0.3 is 0 Å². The van der Waals surface area contributed by atoms with Gasteiger partial charge in [-0.3, -0.25) is 9.78 Å². The van der Waals surface area contributed by atoms with Gasteiger partial charge in [-0.25, -0.2) is 0 Å². The number of rotatable bonds is 3. The van der Waals surface area contributed by atoms with Crippen molar-refractivity contribution >= 4 is 11.6 Å². The van der Waals surface area contributed by atoms with Gasteiger partial charge in [-0.15, -0.1) is 0 Å². The van der Waals surface area contributed by atoms with E-state index in [0.29, 0.717) is 25.2 Å². The zero-order valence-electron chi connectivity index (χ0n) is 10.8. The van der Waals surface area contributed by atoms with Gasteiger partial charge in [0.1, 0.15) is 5.69 Å². The first-order valence-corrected chi connectivity index (χ1v) is 6.23. The molecule has 1 aromatic rings. The van der Waals surface area contributed by atoms with Gasteiger partial charge < -0.3 is 15.3 Å². The average Bonchev–Trinajstić information content (AvgIpc) is 2.70. The van der Waals surface area contributed by atoms with Gasteiger partial charge in [0.2, 0.25) is 0 Å². The molecule has 1 fully saturated rings. The molecule has 0 saturated carbocycles. The van der Waals surface area contributed by atoms with Crippen LogP contribution in [0, 0.1) is 0 Å². The molecule has 0 bridgehead atoms. The lowest BCUT2D eigenvalue weighted by Crippen LogP contribution is -2.34. The third-order valence-electron chi connectivity index (χ3n) is 3.10. The van der Waals surface area contributed by atoms with Crippen LogP contribution in [0.1, 0.15) is 30.8 Å². The van der Waals surface area contributed by atoms with Crippen LogP contribution < -0.4 is 5.32 Å². The van der Waals surface area contributed by atoms with E-state index in [2.05, 4.69) is 10.3 Å². The first-order chi connectivity index (χ1) is 8.52. The number of hydrogen-bond acceptors (Lipinski definition) is 4. The molecular formula is C13H19N3O2. The van der Waals surface area contributed by atoms with Gasteiger partial charge in [-0.05, 0) is 32.4 Å². The maximum Gasteiger partial charge on any atom is 0.272 e. The molecule has 0 radical (unpaired) electrons. The Morgan fingerprint density at radius 1 is 1.67 bits per heavy atom. The largest absolute Gasteiger partial charge is 0.388 e. The molecule has 5 nitrogen and oxygen atoms in total. The van der Waals surface area contributed by atoms with Crippen LogP contribution in [0.5, 0.6) is 0 Å². The summed E-state index contributed by atoms with van der Waals surface area (Å²) in [5, 5.41) is 13.0. The molecule has 0 aromatic carbocycles. The third-order valence-corrected chi connectivity index (χ3v) is 3.10. The molecule has 98 valence electrons. The number of anilines is 1. The summed E-state index contributed by atoms with van der Waals surface area (Å²) in [6, 6.07) is 3.58. The van der Waals surface area contributed by atoms with Crippen molar-refractivity contribution in [3.05, 3.63) is 24.0 Å². The molecule has 0 spiro atoms. The lowest BCUT2D eigenvalue weighted by atomic mass is 10.1. The predicted octanol–water partition coefficient (Wildman–Crippen LogP) is 1.11. The van der Waals surface area contributed by atoms with E-state index in [1.807, 2.05) is 13.0 Å². The number of carbonyl (C=O) groups is 1. The standard InChI is InChI=1S/C13H19N3O2/c1-3-14-10-4-6-15-11(8-10)12(17)16-7-5-13(2,18)9-16/h4,6,8,18H,3,5,7,9H2,1-2H3,(H,14,15). The fraction of sp³-hybridized carbons (Fsp3) is 0.538. The van der Waals surface area contributed by atoms with E-state index in [4.69, 9.17) is 0 Å². The quantitative estimate of drug-likeness (QED) is 0.842. The van der Waals surface area contributed by atoms with Crippen LogP contribution in [0.25, 0.3) is 0 Å². The summed E-state index contributed by atoms with van der Waals surface area (Å²) in [6.45, 7) is 5.51. The van der Waals surface area contributed by atoms with Crippen LogP contribution in [-0.2, 0) is 0 Å². The number of β-amino-alcohol motifs (C(OH)–C–C–N with tert-alkyl or cyclic N) is 1. The summed E-state index contributed by atoms with van der Waals surface area (Å²) < 4.78 is 0. The van der Waals surface area contributed by atoms with E-state index < -0.39 is 5.60 Å². The molecule has 1 atom stereocenters. The average molecular weight is 249 g/mol. The Hall–Kier alpha value is -1.62. The Kier molecular flexibility index (Phi) is 3.52.